The summed E-state index contributed by atoms with van der Waals surface area (Å²) in [7, 11) is 0. The highest BCUT2D eigenvalue weighted by atomic mass is 15.3. The molecule has 1 heterocycles. The van der Waals surface area contributed by atoms with Crippen molar-refractivity contribution in [1.82, 2.24) is 20.1 Å². The van der Waals surface area contributed by atoms with Gasteiger partial charge in [0.05, 0.1) is 0 Å². The van der Waals surface area contributed by atoms with Crippen molar-refractivity contribution in [3.63, 3.8) is 0 Å². The summed E-state index contributed by atoms with van der Waals surface area (Å²) < 4.78 is 2.07. The summed E-state index contributed by atoms with van der Waals surface area (Å²) in [6.45, 7) is 8.69. The van der Waals surface area contributed by atoms with Gasteiger partial charge in [-0.15, -0.1) is 0 Å². The van der Waals surface area contributed by atoms with Crippen LogP contribution in [0.3, 0.4) is 0 Å². The molecule has 1 N–H and O–H groups in total. The predicted octanol–water partition coefficient (Wildman–Crippen LogP) is 2.01. The third-order valence-electron chi connectivity index (χ3n) is 3.96. The average Bonchev–Trinajstić information content (AvgIpc) is 2.97. The van der Waals surface area contributed by atoms with Crippen molar-refractivity contribution >= 4 is 0 Å². The van der Waals surface area contributed by atoms with Crippen LogP contribution in [0, 0.1) is 5.41 Å². The summed E-state index contributed by atoms with van der Waals surface area (Å²) in [5.74, 6) is 1.16. The van der Waals surface area contributed by atoms with Gasteiger partial charge in [0, 0.05) is 19.0 Å². The molecule has 1 aromatic rings. The Bertz CT molecular complexity index is 354. The van der Waals surface area contributed by atoms with Crippen LogP contribution in [0.4, 0.5) is 0 Å². The van der Waals surface area contributed by atoms with Crippen molar-refractivity contribution in [2.75, 3.05) is 6.54 Å². The standard InChI is InChI=1S/C13H24N4/c1-4-8-17-12(15-10-16-17)9-13(6-7-13)11(3)14-5-2/h10-11,14H,4-9H2,1-3H3. The van der Waals surface area contributed by atoms with E-state index in [0.29, 0.717) is 11.5 Å². The fourth-order valence-electron chi connectivity index (χ4n) is 2.58. The van der Waals surface area contributed by atoms with E-state index in [0.717, 1.165) is 31.8 Å². The molecule has 4 heteroatoms. The van der Waals surface area contributed by atoms with Gasteiger partial charge in [0.2, 0.25) is 0 Å². The Morgan fingerprint density at radius 3 is 2.82 bits per heavy atom. The molecule has 0 saturated heterocycles. The maximum Gasteiger partial charge on any atom is 0.138 e. The van der Waals surface area contributed by atoms with Gasteiger partial charge >= 0.3 is 0 Å². The summed E-state index contributed by atoms with van der Waals surface area (Å²) in [6.07, 6.45) is 6.52. The highest BCUT2D eigenvalue weighted by Crippen LogP contribution is 2.50. The molecule has 1 unspecified atom stereocenters. The lowest BCUT2D eigenvalue weighted by Crippen LogP contribution is -2.36. The Balaban J connectivity index is 2.02. The summed E-state index contributed by atoms with van der Waals surface area (Å²) >= 11 is 0. The van der Waals surface area contributed by atoms with Crippen molar-refractivity contribution in [2.45, 2.75) is 59.0 Å². The van der Waals surface area contributed by atoms with Gasteiger partial charge in [0.25, 0.3) is 0 Å². The van der Waals surface area contributed by atoms with Gasteiger partial charge in [0.1, 0.15) is 12.2 Å². The SMILES string of the molecule is CCCn1ncnc1CC1(C(C)NCC)CC1. The molecule has 96 valence electrons. The fourth-order valence-corrected chi connectivity index (χ4v) is 2.58. The average molecular weight is 236 g/mol. The van der Waals surface area contributed by atoms with E-state index < -0.39 is 0 Å². The van der Waals surface area contributed by atoms with E-state index >= 15 is 0 Å². The van der Waals surface area contributed by atoms with Crippen molar-refractivity contribution in [1.29, 1.82) is 0 Å². The molecule has 17 heavy (non-hydrogen) atoms. The number of nitrogens with one attached hydrogen (secondary N) is 1. The molecule has 0 amide bonds. The van der Waals surface area contributed by atoms with E-state index in [1.807, 2.05) is 0 Å². The van der Waals surface area contributed by atoms with Crippen LogP contribution in [0.2, 0.25) is 0 Å². The van der Waals surface area contributed by atoms with Gasteiger partial charge in [-0.25, -0.2) is 4.98 Å². The highest BCUT2D eigenvalue weighted by Gasteiger charge is 2.47. The van der Waals surface area contributed by atoms with Gasteiger partial charge in [0.15, 0.2) is 0 Å². The van der Waals surface area contributed by atoms with Gasteiger partial charge in [-0.1, -0.05) is 13.8 Å². The Labute approximate surface area is 104 Å². The van der Waals surface area contributed by atoms with E-state index in [2.05, 4.69) is 40.9 Å². The zero-order valence-electron chi connectivity index (χ0n) is 11.2. The van der Waals surface area contributed by atoms with Crippen LogP contribution in [0.15, 0.2) is 6.33 Å². The topological polar surface area (TPSA) is 42.7 Å². The van der Waals surface area contributed by atoms with Crippen molar-refractivity contribution in [2.24, 2.45) is 5.41 Å². The second-order valence-corrected chi connectivity index (χ2v) is 5.22. The van der Waals surface area contributed by atoms with Crippen molar-refractivity contribution < 1.29 is 0 Å². The first-order valence-electron chi connectivity index (χ1n) is 6.82. The monoisotopic (exact) mass is 236 g/mol. The number of aryl methyl sites for hydroxylation is 1. The predicted molar refractivity (Wildman–Crippen MR) is 68.8 cm³/mol. The first kappa shape index (κ1) is 12.6. The molecular weight excluding hydrogens is 212 g/mol. The summed E-state index contributed by atoms with van der Waals surface area (Å²) in [4.78, 5) is 4.43. The maximum atomic E-state index is 4.43. The normalized spacial score (nSPS) is 19.2. The van der Waals surface area contributed by atoms with E-state index in [-0.39, 0.29) is 0 Å². The van der Waals surface area contributed by atoms with Crippen LogP contribution in [-0.4, -0.2) is 27.4 Å². The minimum Gasteiger partial charge on any atom is -0.314 e. The van der Waals surface area contributed by atoms with Crippen LogP contribution in [0.1, 0.15) is 45.9 Å². The lowest BCUT2D eigenvalue weighted by molar-refractivity contribution is 0.342. The van der Waals surface area contributed by atoms with Gasteiger partial charge < -0.3 is 5.32 Å². The van der Waals surface area contributed by atoms with E-state index in [1.54, 1.807) is 6.33 Å². The number of aromatic nitrogens is 3. The summed E-state index contributed by atoms with van der Waals surface area (Å²) in [5.41, 5.74) is 0.439. The van der Waals surface area contributed by atoms with Crippen LogP contribution in [-0.2, 0) is 13.0 Å². The minimum atomic E-state index is 0.439. The van der Waals surface area contributed by atoms with E-state index in [9.17, 15) is 0 Å². The highest BCUT2D eigenvalue weighted by molar-refractivity contribution is 5.06. The van der Waals surface area contributed by atoms with Crippen LogP contribution in [0.5, 0.6) is 0 Å². The molecule has 2 rings (SSSR count). The zero-order valence-corrected chi connectivity index (χ0v) is 11.2. The van der Waals surface area contributed by atoms with Gasteiger partial charge in [-0.3, -0.25) is 4.68 Å². The molecule has 0 aliphatic heterocycles. The molecule has 1 aliphatic rings. The molecule has 0 radical (unpaired) electrons. The molecule has 1 saturated carbocycles. The van der Waals surface area contributed by atoms with E-state index in [1.165, 1.54) is 12.8 Å². The number of rotatable bonds is 7. The van der Waals surface area contributed by atoms with Gasteiger partial charge in [-0.05, 0) is 38.1 Å². The molecule has 1 atom stereocenters. The molecule has 1 aliphatic carbocycles. The first-order valence-corrected chi connectivity index (χ1v) is 6.82. The molecular formula is C13H24N4. The largest absolute Gasteiger partial charge is 0.314 e. The van der Waals surface area contributed by atoms with Crippen LogP contribution < -0.4 is 5.32 Å². The van der Waals surface area contributed by atoms with Gasteiger partial charge in [-0.2, -0.15) is 5.10 Å². The molecule has 0 bridgehead atoms. The van der Waals surface area contributed by atoms with Crippen molar-refractivity contribution in [3.05, 3.63) is 12.2 Å². The summed E-state index contributed by atoms with van der Waals surface area (Å²) in [5, 5.41) is 7.86. The smallest absolute Gasteiger partial charge is 0.138 e. The molecule has 0 aromatic carbocycles. The Morgan fingerprint density at radius 2 is 2.24 bits per heavy atom. The molecule has 0 spiro atoms. The Kier molecular flexibility index (Phi) is 3.82. The first-order chi connectivity index (χ1) is 8.22. The Morgan fingerprint density at radius 1 is 1.47 bits per heavy atom. The molecule has 1 aromatic heterocycles. The Hall–Kier alpha value is -0.900. The summed E-state index contributed by atoms with van der Waals surface area (Å²) in [6, 6.07) is 0.583. The number of hydrogen-bond acceptors (Lipinski definition) is 3. The zero-order chi connectivity index (χ0) is 12.3. The lowest BCUT2D eigenvalue weighted by Gasteiger charge is -2.23. The quantitative estimate of drug-likeness (QED) is 0.787. The third-order valence-corrected chi connectivity index (χ3v) is 3.96. The van der Waals surface area contributed by atoms with Crippen LogP contribution in [0.25, 0.3) is 0 Å². The van der Waals surface area contributed by atoms with E-state index in [4.69, 9.17) is 0 Å². The second-order valence-electron chi connectivity index (χ2n) is 5.22. The van der Waals surface area contributed by atoms with Crippen molar-refractivity contribution in [3.8, 4) is 0 Å². The third kappa shape index (κ3) is 2.68. The molecule has 1 fully saturated rings. The number of hydrogen-bond donors (Lipinski definition) is 1. The fraction of sp³-hybridized carbons (Fsp3) is 0.846. The minimum absolute atomic E-state index is 0.439. The maximum absolute atomic E-state index is 4.43. The molecule has 4 nitrogen and oxygen atoms in total. The number of nitrogens with zero attached hydrogens (tertiary/aromatic N) is 3. The lowest BCUT2D eigenvalue weighted by atomic mass is 9.93. The second kappa shape index (κ2) is 5.17. The van der Waals surface area contributed by atoms with Crippen LogP contribution >= 0.6 is 0 Å².